The van der Waals surface area contributed by atoms with Gasteiger partial charge in [-0.2, -0.15) is 0 Å². The molecule has 0 bridgehead atoms. The van der Waals surface area contributed by atoms with Crippen LogP contribution < -0.4 is 0 Å². The Morgan fingerprint density at radius 3 is 2.16 bits per heavy atom. The molecule has 3 heteroatoms. The van der Waals surface area contributed by atoms with E-state index in [1.165, 1.54) is 18.2 Å². The van der Waals surface area contributed by atoms with E-state index in [9.17, 15) is 8.42 Å². The molecule has 0 radical (unpaired) electrons. The highest BCUT2D eigenvalue weighted by atomic mass is 32.2. The van der Waals surface area contributed by atoms with Gasteiger partial charge in [0.2, 0.25) is 9.84 Å². The van der Waals surface area contributed by atoms with Gasteiger partial charge in [0.05, 0.1) is 9.80 Å². The topological polar surface area (TPSA) is 34.1 Å². The molecule has 0 N–H and O–H groups in total. The third-order valence-electron chi connectivity index (χ3n) is 2.41. The van der Waals surface area contributed by atoms with Crippen LogP contribution >= 0.6 is 0 Å². The minimum absolute atomic E-state index is 0.166. The van der Waals surface area contributed by atoms with E-state index in [-0.39, 0.29) is 4.91 Å². The Labute approximate surface area is 117 Å². The molecule has 0 aliphatic heterocycles. The fourth-order valence-corrected chi connectivity index (χ4v) is 3.09. The maximum absolute atomic E-state index is 12.3. The normalized spacial score (nSPS) is 11.3. The minimum Gasteiger partial charge on any atom is -0.219 e. The van der Waals surface area contributed by atoms with Crippen LogP contribution in [0.4, 0.5) is 0 Å². The molecule has 1 rings (SSSR count). The van der Waals surface area contributed by atoms with Crippen molar-refractivity contribution in [2.24, 2.45) is 0 Å². The van der Waals surface area contributed by atoms with Crippen molar-refractivity contribution in [1.29, 1.82) is 0 Å². The molecule has 0 unspecified atom stereocenters. The molecule has 1 aromatic rings. The first-order valence-electron chi connectivity index (χ1n) is 6.21. The largest absolute Gasteiger partial charge is 0.219 e. The summed E-state index contributed by atoms with van der Waals surface area (Å²) in [6.45, 7) is 14.7. The van der Waals surface area contributed by atoms with E-state index < -0.39 is 9.84 Å². The smallest absolute Gasteiger partial charge is 0.206 e. The molecule has 19 heavy (non-hydrogen) atoms. The van der Waals surface area contributed by atoms with Gasteiger partial charge < -0.3 is 0 Å². The second kappa shape index (κ2) is 7.74. The van der Waals surface area contributed by atoms with E-state index in [0.29, 0.717) is 4.90 Å². The van der Waals surface area contributed by atoms with Crippen molar-refractivity contribution in [2.75, 3.05) is 0 Å². The molecule has 1 aromatic carbocycles. The second-order valence-corrected chi connectivity index (χ2v) is 5.70. The van der Waals surface area contributed by atoms with Crippen LogP contribution in [0.5, 0.6) is 0 Å². The first-order chi connectivity index (χ1) is 8.93. The molecule has 0 spiro atoms. The van der Waals surface area contributed by atoms with Gasteiger partial charge in [-0.15, -0.1) is 0 Å². The second-order valence-electron chi connectivity index (χ2n) is 3.78. The van der Waals surface area contributed by atoms with Gasteiger partial charge in [0.25, 0.3) is 0 Å². The van der Waals surface area contributed by atoms with Crippen LogP contribution in [0.25, 0.3) is 0 Å². The average Bonchev–Trinajstić information content (AvgIpc) is 2.37. The predicted molar refractivity (Wildman–Crippen MR) is 82.9 cm³/mol. The summed E-state index contributed by atoms with van der Waals surface area (Å²) in [5, 5.41) is 0. The molecule has 0 aromatic heterocycles. The van der Waals surface area contributed by atoms with Crippen molar-refractivity contribution in [3.8, 4) is 0 Å². The summed E-state index contributed by atoms with van der Waals surface area (Å²) in [5.41, 5.74) is 1.77. The molecule has 0 saturated carbocycles. The summed E-state index contributed by atoms with van der Waals surface area (Å²) in [7, 11) is -3.49. The summed E-state index contributed by atoms with van der Waals surface area (Å²) in [5.74, 6) is 0. The highest BCUT2D eigenvalue weighted by Crippen LogP contribution is 2.24. The van der Waals surface area contributed by atoms with Gasteiger partial charge in [-0.25, -0.2) is 8.42 Å². The lowest BCUT2D eigenvalue weighted by atomic mass is 10.2. The SMILES string of the molecule is C=C/C=C(\C=C)S(=O)(=O)c1ccc(C)cc1C.CC. The van der Waals surface area contributed by atoms with Gasteiger partial charge in [0.1, 0.15) is 0 Å². The Bertz CT molecular complexity index is 579. The van der Waals surface area contributed by atoms with Crippen LogP contribution in [0.3, 0.4) is 0 Å². The van der Waals surface area contributed by atoms with E-state index in [0.717, 1.165) is 11.1 Å². The first-order valence-corrected chi connectivity index (χ1v) is 7.69. The molecule has 0 amide bonds. The van der Waals surface area contributed by atoms with Crippen LogP contribution in [-0.4, -0.2) is 8.42 Å². The average molecular weight is 278 g/mol. The molecule has 0 heterocycles. The van der Waals surface area contributed by atoms with Gasteiger partial charge >= 0.3 is 0 Å². The molecular weight excluding hydrogens is 256 g/mol. The van der Waals surface area contributed by atoms with Gasteiger partial charge in [-0.1, -0.05) is 56.9 Å². The summed E-state index contributed by atoms with van der Waals surface area (Å²) in [6.07, 6.45) is 4.22. The summed E-state index contributed by atoms with van der Waals surface area (Å²) < 4.78 is 24.6. The van der Waals surface area contributed by atoms with Crippen LogP contribution in [0.2, 0.25) is 0 Å². The molecule has 0 aliphatic carbocycles. The monoisotopic (exact) mass is 278 g/mol. The van der Waals surface area contributed by atoms with Gasteiger partial charge in [-0.05, 0) is 31.6 Å². The van der Waals surface area contributed by atoms with E-state index in [1.54, 1.807) is 19.1 Å². The van der Waals surface area contributed by atoms with Crippen molar-refractivity contribution in [3.05, 3.63) is 65.6 Å². The predicted octanol–water partition coefficient (Wildman–Crippen LogP) is 4.36. The third kappa shape index (κ3) is 4.21. The van der Waals surface area contributed by atoms with Crippen molar-refractivity contribution >= 4 is 9.84 Å². The molecule has 0 atom stereocenters. The third-order valence-corrected chi connectivity index (χ3v) is 4.37. The summed E-state index contributed by atoms with van der Waals surface area (Å²) in [6, 6.07) is 5.26. The number of benzene rings is 1. The number of hydrogen-bond acceptors (Lipinski definition) is 2. The number of rotatable bonds is 4. The molecule has 0 aliphatic rings. The molecular formula is C16H22O2S. The Kier molecular flexibility index (Phi) is 7.09. The van der Waals surface area contributed by atoms with Crippen molar-refractivity contribution in [1.82, 2.24) is 0 Å². The fourth-order valence-electron chi connectivity index (χ4n) is 1.61. The molecule has 0 fully saturated rings. The lowest BCUT2D eigenvalue weighted by Gasteiger charge is -2.08. The van der Waals surface area contributed by atoms with Gasteiger partial charge in [-0.3, -0.25) is 0 Å². The maximum atomic E-state index is 12.3. The van der Waals surface area contributed by atoms with Crippen LogP contribution in [0, 0.1) is 13.8 Å². The first kappa shape index (κ1) is 17.4. The van der Waals surface area contributed by atoms with Crippen LogP contribution in [0.1, 0.15) is 25.0 Å². The number of aryl methyl sites for hydroxylation is 2. The zero-order valence-electron chi connectivity index (χ0n) is 12.1. The van der Waals surface area contributed by atoms with Crippen LogP contribution in [-0.2, 0) is 9.84 Å². The molecule has 104 valence electrons. The standard InChI is InChI=1S/C14H16O2S.C2H6/c1-5-7-13(6-2)17(15,16)14-9-8-11(3)10-12(14)4;1-2/h5-10H,1-2H2,3-4H3;1-2H3/b13-7+;. The van der Waals surface area contributed by atoms with E-state index >= 15 is 0 Å². The Morgan fingerprint density at radius 1 is 1.16 bits per heavy atom. The van der Waals surface area contributed by atoms with Crippen molar-refractivity contribution in [2.45, 2.75) is 32.6 Å². The van der Waals surface area contributed by atoms with E-state index in [2.05, 4.69) is 13.2 Å². The Balaban J connectivity index is 0.00000154. The summed E-state index contributed by atoms with van der Waals surface area (Å²) in [4.78, 5) is 0.482. The highest BCUT2D eigenvalue weighted by molar-refractivity contribution is 7.95. The lowest BCUT2D eigenvalue weighted by molar-refractivity contribution is 0.602. The maximum Gasteiger partial charge on any atom is 0.206 e. The quantitative estimate of drug-likeness (QED) is 0.767. The lowest BCUT2D eigenvalue weighted by Crippen LogP contribution is -2.05. The van der Waals surface area contributed by atoms with E-state index in [1.807, 2.05) is 26.8 Å². The number of sulfone groups is 1. The number of hydrogen-bond donors (Lipinski definition) is 0. The fraction of sp³-hybridized carbons (Fsp3) is 0.250. The number of allylic oxidation sites excluding steroid dienone is 3. The summed E-state index contributed by atoms with van der Waals surface area (Å²) >= 11 is 0. The Morgan fingerprint density at radius 2 is 1.74 bits per heavy atom. The molecule has 2 nitrogen and oxygen atoms in total. The van der Waals surface area contributed by atoms with Crippen LogP contribution in [0.15, 0.2) is 59.4 Å². The zero-order chi connectivity index (χ0) is 15.1. The van der Waals surface area contributed by atoms with E-state index in [4.69, 9.17) is 0 Å². The van der Waals surface area contributed by atoms with Gasteiger partial charge in [0.15, 0.2) is 0 Å². The molecule has 0 saturated heterocycles. The zero-order valence-corrected chi connectivity index (χ0v) is 12.9. The van der Waals surface area contributed by atoms with Crippen molar-refractivity contribution in [3.63, 3.8) is 0 Å². The Hall–Kier alpha value is -1.61. The van der Waals surface area contributed by atoms with Gasteiger partial charge in [0, 0.05) is 0 Å². The highest BCUT2D eigenvalue weighted by Gasteiger charge is 2.19. The minimum atomic E-state index is -3.49. The van der Waals surface area contributed by atoms with Crippen molar-refractivity contribution < 1.29 is 8.42 Å².